The zero-order valence-electron chi connectivity index (χ0n) is 19.8. The molecule has 0 radical (unpaired) electrons. The van der Waals surface area contributed by atoms with Crippen molar-refractivity contribution in [3.63, 3.8) is 0 Å². The monoisotopic (exact) mass is 501 g/mol. The minimum Gasteiger partial charge on any atom is -0.459 e. The van der Waals surface area contributed by atoms with Crippen LogP contribution in [-0.2, 0) is 13.2 Å². The summed E-state index contributed by atoms with van der Waals surface area (Å²) in [5, 5.41) is 19.6. The molecule has 0 spiro atoms. The van der Waals surface area contributed by atoms with Crippen molar-refractivity contribution in [1.82, 2.24) is 29.7 Å². The van der Waals surface area contributed by atoms with Gasteiger partial charge in [0, 0.05) is 51.7 Å². The van der Waals surface area contributed by atoms with Crippen molar-refractivity contribution >= 4 is 21.6 Å². The van der Waals surface area contributed by atoms with E-state index in [9.17, 15) is 5.26 Å². The zero-order chi connectivity index (χ0) is 24.7. The molecule has 4 heterocycles. The molecule has 0 aliphatic carbocycles. The number of ether oxygens (including phenoxy) is 1. The van der Waals surface area contributed by atoms with E-state index in [1.54, 1.807) is 24.7 Å². The summed E-state index contributed by atoms with van der Waals surface area (Å²) in [4.78, 5) is 22.1. The van der Waals surface area contributed by atoms with Crippen molar-refractivity contribution in [3.05, 3.63) is 76.8 Å². The standard InChI is InChI=1S/C26H27N7O2S/c27-15-21(25-30-23-16-28-7-6-24(23)36-25)22-5-8-29-26(31-22)35-18-20-3-1-19(2-4-20)17-33-11-9-32(10-12-33)13-14-34/h1-8,16,21,34H,9-14,17-18H2. The molecule has 9 nitrogen and oxygen atoms in total. The second kappa shape index (κ2) is 11.5. The number of nitriles is 1. The van der Waals surface area contributed by atoms with Gasteiger partial charge in [-0.3, -0.25) is 14.8 Å². The van der Waals surface area contributed by atoms with E-state index < -0.39 is 5.92 Å². The molecule has 1 unspecified atom stereocenters. The number of hydrogen-bond acceptors (Lipinski definition) is 10. The lowest BCUT2D eigenvalue weighted by Gasteiger charge is -2.34. The molecule has 36 heavy (non-hydrogen) atoms. The van der Waals surface area contributed by atoms with Crippen molar-refractivity contribution in [2.24, 2.45) is 0 Å². The first-order valence-corrected chi connectivity index (χ1v) is 12.7. The Labute approximate surface area is 213 Å². The van der Waals surface area contributed by atoms with Gasteiger partial charge in [0.25, 0.3) is 0 Å². The van der Waals surface area contributed by atoms with Gasteiger partial charge in [0.2, 0.25) is 0 Å². The maximum Gasteiger partial charge on any atom is 0.316 e. The van der Waals surface area contributed by atoms with Gasteiger partial charge in [-0.25, -0.2) is 9.97 Å². The number of thiazole rings is 1. The van der Waals surface area contributed by atoms with E-state index >= 15 is 0 Å². The fourth-order valence-corrected chi connectivity index (χ4v) is 5.21. The number of aliphatic hydroxyl groups excluding tert-OH is 1. The molecule has 1 fully saturated rings. The van der Waals surface area contributed by atoms with Gasteiger partial charge in [-0.2, -0.15) is 10.2 Å². The SMILES string of the molecule is N#CC(c1ccnc(OCc2ccc(CN3CCN(CCO)CC3)cc2)n1)c1nc2cnccc2s1. The van der Waals surface area contributed by atoms with Gasteiger partial charge in [-0.15, -0.1) is 11.3 Å². The second-order valence-electron chi connectivity index (χ2n) is 8.67. The molecular formula is C26H27N7O2S. The Morgan fingerprint density at radius 2 is 1.78 bits per heavy atom. The highest BCUT2D eigenvalue weighted by Crippen LogP contribution is 2.30. The number of aromatic nitrogens is 4. The van der Waals surface area contributed by atoms with Crippen LogP contribution in [0.4, 0.5) is 0 Å². The average Bonchev–Trinajstić information content (AvgIpc) is 3.34. The smallest absolute Gasteiger partial charge is 0.316 e. The third-order valence-corrected chi connectivity index (χ3v) is 7.31. The molecule has 0 amide bonds. The number of piperazine rings is 1. The molecule has 1 N–H and O–H groups in total. The van der Waals surface area contributed by atoms with Crippen molar-refractivity contribution < 1.29 is 9.84 Å². The molecular weight excluding hydrogens is 474 g/mol. The van der Waals surface area contributed by atoms with Gasteiger partial charge in [0.15, 0.2) is 0 Å². The van der Waals surface area contributed by atoms with E-state index in [1.165, 1.54) is 16.9 Å². The maximum atomic E-state index is 9.82. The minimum absolute atomic E-state index is 0.221. The molecule has 3 aromatic heterocycles. The summed E-state index contributed by atoms with van der Waals surface area (Å²) >= 11 is 1.47. The first kappa shape index (κ1) is 24.2. The summed E-state index contributed by atoms with van der Waals surface area (Å²) < 4.78 is 6.84. The highest BCUT2D eigenvalue weighted by molar-refractivity contribution is 7.18. The van der Waals surface area contributed by atoms with Crippen LogP contribution in [0.5, 0.6) is 6.01 Å². The quantitative estimate of drug-likeness (QED) is 0.370. The summed E-state index contributed by atoms with van der Waals surface area (Å²) in [5.74, 6) is -0.600. The number of aliphatic hydroxyl groups is 1. The Kier molecular flexibility index (Phi) is 7.73. The van der Waals surface area contributed by atoms with Crippen LogP contribution in [0, 0.1) is 11.3 Å². The summed E-state index contributed by atoms with van der Waals surface area (Å²) in [6, 6.07) is 14.5. The first-order chi connectivity index (χ1) is 17.7. The average molecular weight is 502 g/mol. The van der Waals surface area contributed by atoms with Crippen molar-refractivity contribution in [2.75, 3.05) is 39.3 Å². The largest absolute Gasteiger partial charge is 0.459 e. The summed E-state index contributed by atoms with van der Waals surface area (Å²) in [7, 11) is 0. The van der Waals surface area contributed by atoms with Crippen LogP contribution in [-0.4, -0.2) is 74.2 Å². The second-order valence-corrected chi connectivity index (χ2v) is 9.73. The zero-order valence-corrected chi connectivity index (χ0v) is 20.6. The van der Waals surface area contributed by atoms with E-state index in [0.29, 0.717) is 17.3 Å². The molecule has 1 aromatic carbocycles. The molecule has 5 rings (SSSR count). The van der Waals surface area contributed by atoms with E-state index in [1.807, 2.05) is 6.07 Å². The van der Waals surface area contributed by atoms with E-state index in [4.69, 9.17) is 9.84 Å². The summed E-state index contributed by atoms with van der Waals surface area (Å²) in [6.07, 6.45) is 5.03. The van der Waals surface area contributed by atoms with Crippen molar-refractivity contribution in [2.45, 2.75) is 19.1 Å². The molecule has 4 aromatic rings. The lowest BCUT2D eigenvalue weighted by atomic mass is 10.1. The number of fused-ring (bicyclic) bond motifs is 1. The molecule has 10 heteroatoms. The Morgan fingerprint density at radius 3 is 2.53 bits per heavy atom. The number of β-amino-alcohol motifs (C(OH)–C–C–N with tert-alkyl or cyclic N) is 1. The molecule has 1 aliphatic heterocycles. The molecule has 1 saturated heterocycles. The van der Waals surface area contributed by atoms with Crippen LogP contribution in [0.15, 0.2) is 55.0 Å². The summed E-state index contributed by atoms with van der Waals surface area (Å²) in [6.45, 7) is 6.24. The number of rotatable bonds is 9. The van der Waals surface area contributed by atoms with Gasteiger partial charge >= 0.3 is 6.01 Å². The predicted molar refractivity (Wildman–Crippen MR) is 136 cm³/mol. The van der Waals surface area contributed by atoms with Gasteiger partial charge in [-0.1, -0.05) is 24.3 Å². The maximum absolute atomic E-state index is 9.82. The van der Waals surface area contributed by atoms with Gasteiger partial charge in [0.05, 0.1) is 34.8 Å². The third kappa shape index (κ3) is 5.83. The van der Waals surface area contributed by atoms with Crippen LogP contribution in [0.3, 0.4) is 0 Å². The van der Waals surface area contributed by atoms with E-state index in [0.717, 1.165) is 55.0 Å². The fourth-order valence-electron chi connectivity index (χ4n) is 4.21. The van der Waals surface area contributed by atoms with Crippen LogP contribution in [0.1, 0.15) is 27.7 Å². The Bertz CT molecular complexity index is 1300. The molecule has 1 atom stereocenters. The normalized spacial score (nSPS) is 15.6. The van der Waals surface area contributed by atoms with E-state index in [-0.39, 0.29) is 12.6 Å². The van der Waals surface area contributed by atoms with Crippen molar-refractivity contribution in [1.29, 1.82) is 5.26 Å². The lowest BCUT2D eigenvalue weighted by Crippen LogP contribution is -2.46. The van der Waals surface area contributed by atoms with Gasteiger partial charge in [-0.05, 0) is 23.3 Å². The van der Waals surface area contributed by atoms with E-state index in [2.05, 4.69) is 60.1 Å². The number of hydrogen-bond donors (Lipinski definition) is 1. The molecule has 0 bridgehead atoms. The van der Waals surface area contributed by atoms with Crippen LogP contribution < -0.4 is 4.74 Å². The molecule has 184 valence electrons. The Morgan fingerprint density at radius 1 is 1.00 bits per heavy atom. The highest BCUT2D eigenvalue weighted by Gasteiger charge is 2.21. The van der Waals surface area contributed by atoms with Gasteiger partial charge < -0.3 is 9.84 Å². The Balaban J connectivity index is 1.18. The lowest BCUT2D eigenvalue weighted by molar-refractivity contribution is 0.108. The summed E-state index contributed by atoms with van der Waals surface area (Å²) in [5.41, 5.74) is 3.62. The first-order valence-electron chi connectivity index (χ1n) is 11.9. The number of nitrogens with zero attached hydrogens (tertiary/aromatic N) is 7. The number of pyridine rings is 1. The topological polar surface area (TPSA) is 111 Å². The third-order valence-electron chi connectivity index (χ3n) is 6.21. The van der Waals surface area contributed by atoms with Crippen molar-refractivity contribution in [3.8, 4) is 12.1 Å². The minimum atomic E-state index is -0.600. The van der Waals surface area contributed by atoms with Crippen LogP contribution in [0.25, 0.3) is 10.2 Å². The van der Waals surface area contributed by atoms with Crippen LogP contribution >= 0.6 is 11.3 Å². The predicted octanol–water partition coefficient (Wildman–Crippen LogP) is 2.83. The Hall–Kier alpha value is -3.49. The molecule has 0 saturated carbocycles. The fraction of sp³-hybridized carbons (Fsp3) is 0.346. The van der Waals surface area contributed by atoms with Gasteiger partial charge in [0.1, 0.15) is 17.5 Å². The highest BCUT2D eigenvalue weighted by atomic mass is 32.1. The number of benzene rings is 1. The molecule has 1 aliphatic rings. The van der Waals surface area contributed by atoms with Crippen LogP contribution in [0.2, 0.25) is 0 Å².